The maximum absolute atomic E-state index is 13.1. The lowest BCUT2D eigenvalue weighted by Crippen LogP contribution is -2.49. The van der Waals surface area contributed by atoms with E-state index in [1.807, 2.05) is 29.2 Å². The number of primary amides is 1. The Kier molecular flexibility index (Phi) is 6.38. The van der Waals surface area contributed by atoms with Crippen molar-refractivity contribution in [1.82, 2.24) is 19.5 Å². The van der Waals surface area contributed by atoms with Crippen molar-refractivity contribution in [1.29, 1.82) is 0 Å². The largest absolute Gasteiger partial charge is 0.496 e. The van der Waals surface area contributed by atoms with Crippen molar-refractivity contribution in [2.24, 2.45) is 5.73 Å². The van der Waals surface area contributed by atoms with Crippen LogP contribution in [-0.2, 0) is 10.0 Å². The SMILES string of the molecule is COc1ccc(S(=O)(=O)N2CCN(c3ccc(Nc4ccncc4)nn3)CC2)cc1C(N)=O. The number of pyridine rings is 1. The number of sulfonamides is 1. The average Bonchev–Trinajstić information content (AvgIpc) is 2.85. The number of aromatic nitrogens is 3. The van der Waals surface area contributed by atoms with Gasteiger partial charge in [-0.05, 0) is 42.5 Å². The number of carbonyl (C=O) groups excluding carboxylic acids is 1. The van der Waals surface area contributed by atoms with Crippen LogP contribution in [0.5, 0.6) is 5.75 Å². The molecule has 12 heteroatoms. The minimum Gasteiger partial charge on any atom is -0.496 e. The Balaban J connectivity index is 1.42. The van der Waals surface area contributed by atoms with Gasteiger partial charge in [0.25, 0.3) is 5.91 Å². The fourth-order valence-electron chi connectivity index (χ4n) is 3.49. The Bertz CT molecular complexity index is 1230. The van der Waals surface area contributed by atoms with E-state index in [9.17, 15) is 13.2 Å². The minimum atomic E-state index is -3.80. The van der Waals surface area contributed by atoms with E-state index >= 15 is 0 Å². The lowest BCUT2D eigenvalue weighted by Gasteiger charge is -2.34. The molecule has 4 rings (SSSR count). The predicted molar refractivity (Wildman–Crippen MR) is 122 cm³/mol. The monoisotopic (exact) mass is 469 g/mol. The topological polar surface area (TPSA) is 144 Å². The van der Waals surface area contributed by atoms with Gasteiger partial charge in [0, 0.05) is 44.3 Å². The Morgan fingerprint density at radius 3 is 2.36 bits per heavy atom. The molecule has 1 fully saturated rings. The number of anilines is 3. The summed E-state index contributed by atoms with van der Waals surface area (Å²) in [6, 6.07) is 11.4. The van der Waals surface area contributed by atoms with Gasteiger partial charge in [0.1, 0.15) is 5.75 Å². The lowest BCUT2D eigenvalue weighted by molar-refractivity contribution is 0.0997. The summed E-state index contributed by atoms with van der Waals surface area (Å²) in [6.45, 7) is 1.42. The summed E-state index contributed by atoms with van der Waals surface area (Å²) in [5.74, 6) is 0.726. The zero-order valence-electron chi connectivity index (χ0n) is 17.9. The average molecular weight is 470 g/mol. The van der Waals surface area contributed by atoms with E-state index in [0.29, 0.717) is 24.7 Å². The Labute approximate surface area is 191 Å². The standard InChI is InChI=1S/C21H23N7O4S/c1-32-18-3-2-16(14-17(18)21(22)29)33(30,31)28-12-10-27(11-13-28)20-5-4-19(25-26-20)24-15-6-8-23-9-7-15/h2-9,14H,10-13H2,1H3,(H2,22,29)(H,23,24,25). The van der Waals surface area contributed by atoms with Gasteiger partial charge < -0.3 is 20.7 Å². The number of hydrogen-bond donors (Lipinski definition) is 2. The van der Waals surface area contributed by atoms with E-state index in [1.165, 1.54) is 29.6 Å². The number of rotatable bonds is 7. The Morgan fingerprint density at radius 2 is 1.76 bits per heavy atom. The number of nitrogens with two attached hydrogens (primary N) is 1. The molecule has 3 heterocycles. The minimum absolute atomic E-state index is 0.00289. The van der Waals surface area contributed by atoms with Gasteiger partial charge in [0.2, 0.25) is 10.0 Å². The molecule has 1 aliphatic heterocycles. The van der Waals surface area contributed by atoms with Gasteiger partial charge in [0.15, 0.2) is 11.6 Å². The van der Waals surface area contributed by atoms with Gasteiger partial charge in [-0.3, -0.25) is 9.78 Å². The number of hydrogen-bond acceptors (Lipinski definition) is 9. The first-order valence-corrected chi connectivity index (χ1v) is 11.6. The van der Waals surface area contributed by atoms with Gasteiger partial charge in [0.05, 0.1) is 17.6 Å². The van der Waals surface area contributed by atoms with Crippen molar-refractivity contribution in [3.8, 4) is 5.75 Å². The molecule has 0 saturated carbocycles. The van der Waals surface area contributed by atoms with Crippen LogP contribution in [0.25, 0.3) is 0 Å². The van der Waals surface area contributed by atoms with E-state index < -0.39 is 15.9 Å². The van der Waals surface area contributed by atoms with Gasteiger partial charge in [-0.2, -0.15) is 4.31 Å². The summed E-state index contributed by atoms with van der Waals surface area (Å²) >= 11 is 0. The smallest absolute Gasteiger partial charge is 0.252 e. The number of piperazine rings is 1. The summed E-state index contributed by atoms with van der Waals surface area (Å²) < 4.78 is 32.7. The van der Waals surface area contributed by atoms with Crippen LogP contribution in [0.15, 0.2) is 59.8 Å². The maximum Gasteiger partial charge on any atom is 0.252 e. The molecule has 0 radical (unpaired) electrons. The fourth-order valence-corrected chi connectivity index (χ4v) is 4.94. The number of amides is 1. The molecule has 2 aromatic heterocycles. The molecule has 3 aromatic rings. The zero-order chi connectivity index (χ0) is 23.4. The number of nitrogens with one attached hydrogen (secondary N) is 1. The first-order valence-electron chi connectivity index (χ1n) is 10.1. The molecule has 1 amide bonds. The predicted octanol–water partition coefficient (Wildman–Crippen LogP) is 1.23. The van der Waals surface area contributed by atoms with Crippen LogP contribution in [0, 0.1) is 0 Å². The molecule has 3 N–H and O–H groups in total. The van der Waals surface area contributed by atoms with Crippen molar-refractivity contribution < 1.29 is 17.9 Å². The van der Waals surface area contributed by atoms with Crippen molar-refractivity contribution >= 4 is 33.3 Å². The summed E-state index contributed by atoms with van der Waals surface area (Å²) in [4.78, 5) is 17.6. The number of carbonyl (C=O) groups is 1. The van der Waals surface area contributed by atoms with Crippen LogP contribution in [0.1, 0.15) is 10.4 Å². The highest BCUT2D eigenvalue weighted by atomic mass is 32.2. The zero-order valence-corrected chi connectivity index (χ0v) is 18.7. The molecule has 11 nitrogen and oxygen atoms in total. The summed E-state index contributed by atoms with van der Waals surface area (Å²) in [7, 11) is -2.41. The van der Waals surface area contributed by atoms with E-state index in [0.717, 1.165) is 5.69 Å². The lowest BCUT2D eigenvalue weighted by atomic mass is 10.2. The second-order valence-corrected chi connectivity index (χ2v) is 9.19. The molecule has 33 heavy (non-hydrogen) atoms. The second-order valence-electron chi connectivity index (χ2n) is 7.26. The van der Waals surface area contributed by atoms with Crippen molar-refractivity contribution in [3.05, 3.63) is 60.4 Å². The summed E-state index contributed by atoms with van der Waals surface area (Å²) in [5, 5.41) is 11.6. The van der Waals surface area contributed by atoms with Gasteiger partial charge in [-0.1, -0.05) is 0 Å². The van der Waals surface area contributed by atoms with Crippen LogP contribution >= 0.6 is 0 Å². The normalized spacial score (nSPS) is 14.6. The van der Waals surface area contributed by atoms with Crippen molar-refractivity contribution in [2.45, 2.75) is 4.90 Å². The third-order valence-electron chi connectivity index (χ3n) is 5.24. The van der Waals surface area contributed by atoms with E-state index in [2.05, 4.69) is 20.5 Å². The van der Waals surface area contributed by atoms with E-state index in [1.54, 1.807) is 12.4 Å². The van der Waals surface area contributed by atoms with Gasteiger partial charge >= 0.3 is 0 Å². The Hall–Kier alpha value is -3.77. The highest BCUT2D eigenvalue weighted by Gasteiger charge is 2.30. The molecule has 172 valence electrons. The van der Waals surface area contributed by atoms with E-state index in [-0.39, 0.29) is 29.3 Å². The van der Waals surface area contributed by atoms with Crippen molar-refractivity contribution in [2.75, 3.05) is 43.5 Å². The van der Waals surface area contributed by atoms with Gasteiger partial charge in [-0.25, -0.2) is 8.42 Å². The highest BCUT2D eigenvalue weighted by Crippen LogP contribution is 2.26. The Morgan fingerprint density at radius 1 is 1.03 bits per heavy atom. The maximum atomic E-state index is 13.1. The van der Waals surface area contributed by atoms with Crippen LogP contribution in [0.4, 0.5) is 17.3 Å². The molecular formula is C21H23N7O4S. The first-order chi connectivity index (χ1) is 15.9. The molecule has 1 aliphatic rings. The summed E-state index contributed by atoms with van der Waals surface area (Å²) in [5.41, 5.74) is 6.23. The molecular weight excluding hydrogens is 446 g/mol. The molecule has 1 saturated heterocycles. The number of nitrogens with zero attached hydrogens (tertiary/aromatic N) is 5. The molecule has 0 bridgehead atoms. The van der Waals surface area contributed by atoms with Crippen LogP contribution < -0.4 is 20.7 Å². The third-order valence-corrected chi connectivity index (χ3v) is 7.13. The second kappa shape index (κ2) is 9.38. The van der Waals surface area contributed by atoms with Crippen LogP contribution in [0.2, 0.25) is 0 Å². The molecule has 1 aromatic carbocycles. The first kappa shape index (κ1) is 22.4. The van der Waals surface area contributed by atoms with Crippen molar-refractivity contribution in [3.63, 3.8) is 0 Å². The molecule has 0 unspecified atom stereocenters. The molecule has 0 aliphatic carbocycles. The molecule has 0 spiro atoms. The summed E-state index contributed by atoms with van der Waals surface area (Å²) in [6.07, 6.45) is 3.36. The quantitative estimate of drug-likeness (QED) is 0.522. The van der Waals surface area contributed by atoms with Gasteiger partial charge in [-0.15, -0.1) is 10.2 Å². The highest BCUT2D eigenvalue weighted by molar-refractivity contribution is 7.89. The van der Waals surface area contributed by atoms with Crippen LogP contribution in [0.3, 0.4) is 0 Å². The van der Waals surface area contributed by atoms with Crippen LogP contribution in [-0.4, -0.2) is 67.1 Å². The fraction of sp³-hybridized carbons (Fsp3) is 0.238. The number of ether oxygens (including phenoxy) is 1. The number of benzene rings is 1. The third kappa shape index (κ3) is 4.86. The molecule has 0 atom stereocenters. The number of methoxy groups -OCH3 is 1. The van der Waals surface area contributed by atoms with E-state index in [4.69, 9.17) is 10.5 Å².